The molecule has 0 saturated carbocycles. The molecule has 0 aromatic rings. The molecule has 2 aliphatic heterocycles. The zero-order chi connectivity index (χ0) is 13.4. The Balaban J connectivity index is 2.22. The summed E-state index contributed by atoms with van der Waals surface area (Å²) >= 11 is 0. The Morgan fingerprint density at radius 1 is 1.44 bits per heavy atom. The van der Waals surface area contributed by atoms with Crippen molar-refractivity contribution in [2.45, 2.75) is 50.2 Å². The predicted molar refractivity (Wildman–Crippen MR) is 62.5 cm³/mol. The van der Waals surface area contributed by atoms with E-state index in [-0.39, 0.29) is 13.0 Å². The summed E-state index contributed by atoms with van der Waals surface area (Å²) in [6.45, 7) is 7.22. The maximum atomic E-state index is 10.4. The van der Waals surface area contributed by atoms with E-state index >= 15 is 0 Å². The summed E-state index contributed by atoms with van der Waals surface area (Å²) in [6, 6.07) is 0. The van der Waals surface area contributed by atoms with E-state index in [4.69, 9.17) is 19.7 Å². The van der Waals surface area contributed by atoms with Crippen molar-refractivity contribution in [3.63, 3.8) is 0 Å². The second kappa shape index (κ2) is 4.53. The number of nitrogens with zero attached hydrogens (tertiary/aromatic N) is 3. The van der Waals surface area contributed by atoms with Gasteiger partial charge in [0.1, 0.15) is 12.2 Å². The number of rotatable bonds is 4. The quantitative estimate of drug-likeness (QED) is 0.356. The summed E-state index contributed by atoms with van der Waals surface area (Å²) in [5.74, 6) is -2.27. The van der Waals surface area contributed by atoms with E-state index in [9.17, 15) is 5.11 Å². The normalized spacial score (nSPS) is 41.2. The molecule has 2 saturated heterocycles. The molecule has 1 unspecified atom stereocenters. The van der Waals surface area contributed by atoms with E-state index < -0.39 is 29.9 Å². The summed E-state index contributed by atoms with van der Waals surface area (Å²) < 4.78 is 16.9. The van der Waals surface area contributed by atoms with Crippen LogP contribution in [0.15, 0.2) is 17.8 Å². The van der Waals surface area contributed by atoms with E-state index in [1.165, 1.54) is 0 Å². The van der Waals surface area contributed by atoms with Crippen LogP contribution < -0.4 is 0 Å². The Bertz CT molecular complexity index is 394. The number of hydrogen-bond donors (Lipinski definition) is 1. The fourth-order valence-corrected chi connectivity index (χ4v) is 2.44. The third-order valence-electron chi connectivity index (χ3n) is 3.06. The molecule has 0 spiro atoms. The largest absolute Gasteiger partial charge is 0.363 e. The lowest BCUT2D eigenvalue weighted by atomic mass is 10.0. The van der Waals surface area contributed by atoms with Gasteiger partial charge in [0.05, 0.1) is 12.6 Å². The van der Waals surface area contributed by atoms with Crippen molar-refractivity contribution in [3.8, 4) is 0 Å². The minimum Gasteiger partial charge on any atom is -0.363 e. The monoisotopic (exact) mass is 255 g/mol. The maximum Gasteiger partial charge on any atom is 0.198 e. The Kier molecular flexibility index (Phi) is 3.35. The van der Waals surface area contributed by atoms with E-state index in [2.05, 4.69) is 16.6 Å². The van der Waals surface area contributed by atoms with Crippen LogP contribution in [-0.2, 0) is 14.2 Å². The van der Waals surface area contributed by atoms with Gasteiger partial charge < -0.3 is 19.3 Å². The van der Waals surface area contributed by atoms with Gasteiger partial charge in [-0.1, -0.05) is 11.2 Å². The van der Waals surface area contributed by atoms with Gasteiger partial charge in [-0.15, -0.1) is 6.58 Å². The molecule has 1 N–H and O–H groups in total. The van der Waals surface area contributed by atoms with Crippen LogP contribution >= 0.6 is 0 Å². The summed E-state index contributed by atoms with van der Waals surface area (Å²) in [6.07, 6.45) is 0.208. The van der Waals surface area contributed by atoms with Gasteiger partial charge in [-0.3, -0.25) is 0 Å². The number of hydrogen-bond acceptors (Lipinski definition) is 5. The van der Waals surface area contributed by atoms with Crippen LogP contribution in [0.4, 0.5) is 0 Å². The third kappa shape index (κ3) is 2.23. The zero-order valence-electron chi connectivity index (χ0n) is 10.4. The number of fused-ring (bicyclic) bond motifs is 1. The molecule has 2 aliphatic rings. The molecule has 0 aromatic heterocycles. The van der Waals surface area contributed by atoms with Gasteiger partial charge in [0.2, 0.25) is 0 Å². The van der Waals surface area contributed by atoms with Gasteiger partial charge in [0.25, 0.3) is 0 Å². The average molecular weight is 255 g/mol. The number of azide groups is 1. The molecule has 2 heterocycles. The highest BCUT2D eigenvalue weighted by molar-refractivity contribution is 5.04. The van der Waals surface area contributed by atoms with Gasteiger partial charge >= 0.3 is 0 Å². The Morgan fingerprint density at radius 3 is 2.78 bits per heavy atom. The first-order valence-corrected chi connectivity index (χ1v) is 5.79. The molecule has 2 fully saturated rings. The molecule has 0 amide bonds. The van der Waals surface area contributed by atoms with Crippen LogP contribution in [0, 0.1) is 0 Å². The van der Waals surface area contributed by atoms with Gasteiger partial charge in [-0.05, 0) is 19.4 Å². The second-order valence-electron chi connectivity index (χ2n) is 4.93. The van der Waals surface area contributed by atoms with E-state index in [0.29, 0.717) is 0 Å². The first-order valence-electron chi connectivity index (χ1n) is 5.79. The average Bonchev–Trinajstić information content (AvgIpc) is 2.71. The van der Waals surface area contributed by atoms with Crippen molar-refractivity contribution in [2.24, 2.45) is 5.11 Å². The Labute approximate surface area is 105 Å². The molecule has 4 atom stereocenters. The number of aliphatic hydroxyl groups is 1. The summed E-state index contributed by atoms with van der Waals surface area (Å²) in [5.41, 5.74) is 8.36. The Hall–Kier alpha value is -1.11. The molecular formula is C11H17N3O4. The minimum absolute atomic E-state index is 0.0938. The van der Waals surface area contributed by atoms with Gasteiger partial charge in [0.15, 0.2) is 11.6 Å². The van der Waals surface area contributed by atoms with Crippen molar-refractivity contribution < 1.29 is 19.3 Å². The zero-order valence-corrected chi connectivity index (χ0v) is 10.4. The topological polar surface area (TPSA) is 96.7 Å². The van der Waals surface area contributed by atoms with Gasteiger partial charge in [-0.2, -0.15) is 0 Å². The van der Waals surface area contributed by atoms with Crippen molar-refractivity contribution in [2.75, 3.05) is 6.54 Å². The van der Waals surface area contributed by atoms with Crippen LogP contribution in [0.3, 0.4) is 0 Å². The molecular weight excluding hydrogens is 238 g/mol. The van der Waals surface area contributed by atoms with E-state index in [1.54, 1.807) is 19.9 Å². The van der Waals surface area contributed by atoms with E-state index in [1.807, 2.05) is 0 Å². The van der Waals surface area contributed by atoms with Crippen LogP contribution in [0.2, 0.25) is 0 Å². The lowest BCUT2D eigenvalue weighted by Gasteiger charge is -2.29. The minimum atomic E-state index is -1.48. The molecule has 2 rings (SSSR count). The lowest BCUT2D eigenvalue weighted by Crippen LogP contribution is -2.42. The Morgan fingerprint density at radius 2 is 2.17 bits per heavy atom. The highest BCUT2D eigenvalue weighted by Gasteiger charge is 2.61. The SMILES string of the molecule is C=CCC1(O)O[C@H](CN=[N+]=[N-])[C@H]2OC(C)(C)O[C@H]21. The summed E-state index contributed by atoms with van der Waals surface area (Å²) in [5, 5.41) is 13.9. The molecule has 18 heavy (non-hydrogen) atoms. The second-order valence-corrected chi connectivity index (χ2v) is 4.93. The molecule has 0 radical (unpaired) electrons. The molecule has 7 heteroatoms. The predicted octanol–water partition coefficient (Wildman–Crippen LogP) is 1.48. The van der Waals surface area contributed by atoms with Crippen LogP contribution in [-0.4, -0.2) is 41.5 Å². The molecule has 0 aromatic carbocycles. The molecule has 100 valence electrons. The highest BCUT2D eigenvalue weighted by Crippen LogP contribution is 2.44. The van der Waals surface area contributed by atoms with Crippen LogP contribution in [0.5, 0.6) is 0 Å². The first kappa shape index (κ1) is 13.3. The van der Waals surface area contributed by atoms with Crippen molar-refractivity contribution in [1.82, 2.24) is 0 Å². The standard InChI is InChI=1S/C11H17N3O4/c1-4-5-11(15)9-8(17-10(2,3)18-9)7(16-11)6-13-14-12/h4,7-9,15H,1,5-6H2,2-3H3/t7-,8-,9-,11?/m1/s1. The van der Waals surface area contributed by atoms with Crippen LogP contribution in [0.1, 0.15) is 20.3 Å². The summed E-state index contributed by atoms with van der Waals surface area (Å²) in [4.78, 5) is 2.69. The van der Waals surface area contributed by atoms with Gasteiger partial charge in [-0.25, -0.2) is 0 Å². The molecule has 0 bridgehead atoms. The van der Waals surface area contributed by atoms with Gasteiger partial charge in [0, 0.05) is 11.3 Å². The van der Waals surface area contributed by atoms with E-state index in [0.717, 1.165) is 0 Å². The lowest BCUT2D eigenvalue weighted by molar-refractivity contribution is -0.270. The molecule has 0 aliphatic carbocycles. The fraction of sp³-hybridized carbons (Fsp3) is 0.818. The maximum absolute atomic E-state index is 10.4. The highest BCUT2D eigenvalue weighted by atomic mass is 16.8. The fourth-order valence-electron chi connectivity index (χ4n) is 2.44. The first-order chi connectivity index (χ1) is 8.42. The number of ether oxygens (including phenoxy) is 3. The summed E-state index contributed by atoms with van der Waals surface area (Å²) in [7, 11) is 0. The van der Waals surface area contributed by atoms with Crippen molar-refractivity contribution >= 4 is 0 Å². The van der Waals surface area contributed by atoms with Crippen LogP contribution in [0.25, 0.3) is 10.4 Å². The van der Waals surface area contributed by atoms with Crippen molar-refractivity contribution in [1.29, 1.82) is 0 Å². The molecule has 7 nitrogen and oxygen atoms in total. The third-order valence-corrected chi connectivity index (χ3v) is 3.06. The smallest absolute Gasteiger partial charge is 0.198 e. The van der Waals surface area contributed by atoms with Crippen molar-refractivity contribution in [3.05, 3.63) is 23.1 Å².